The van der Waals surface area contributed by atoms with Gasteiger partial charge >= 0.3 is 17.9 Å². The number of carbonyl (C=O) groups is 3. The highest BCUT2D eigenvalue weighted by molar-refractivity contribution is 6.08. The van der Waals surface area contributed by atoms with E-state index in [2.05, 4.69) is 6.92 Å². The van der Waals surface area contributed by atoms with Gasteiger partial charge in [0.1, 0.15) is 11.5 Å². The zero-order chi connectivity index (χ0) is 28.8. The summed E-state index contributed by atoms with van der Waals surface area (Å²) in [7, 11) is 0. The van der Waals surface area contributed by atoms with E-state index in [1.54, 1.807) is 6.92 Å². The van der Waals surface area contributed by atoms with Gasteiger partial charge in [-0.3, -0.25) is 0 Å². The van der Waals surface area contributed by atoms with E-state index in [0.29, 0.717) is 6.42 Å². The summed E-state index contributed by atoms with van der Waals surface area (Å²) >= 11 is 0. The van der Waals surface area contributed by atoms with Crippen molar-refractivity contribution in [3.05, 3.63) is 59.2 Å². The van der Waals surface area contributed by atoms with Crippen LogP contribution in [0.15, 0.2) is 42.5 Å². The molecule has 0 aliphatic heterocycles. The molecule has 2 rings (SSSR count). The number of esters is 3. The minimum absolute atomic E-state index is 0.00729. The molecule has 1 atom stereocenters. The van der Waals surface area contributed by atoms with Crippen LogP contribution in [0.3, 0.4) is 0 Å². The molecule has 214 valence electrons. The molecule has 0 fully saturated rings. The zero-order valence-corrected chi connectivity index (χ0v) is 23.5. The largest absolute Gasteiger partial charge is 0.464 e. The highest BCUT2D eigenvalue weighted by Gasteiger charge is 2.58. The topological polar surface area (TPSA) is 118 Å². The van der Waals surface area contributed by atoms with E-state index in [1.807, 2.05) is 49.4 Å². The Morgan fingerprint density at radius 3 is 1.92 bits per heavy atom. The van der Waals surface area contributed by atoms with Crippen LogP contribution in [0.2, 0.25) is 0 Å². The van der Waals surface area contributed by atoms with Crippen LogP contribution >= 0.6 is 0 Å². The highest BCUT2D eigenvalue weighted by Crippen LogP contribution is 2.25. The van der Waals surface area contributed by atoms with E-state index in [-0.39, 0.29) is 26.4 Å². The Labute approximate surface area is 230 Å². The van der Waals surface area contributed by atoms with Gasteiger partial charge in [-0.1, -0.05) is 24.6 Å². The Kier molecular flexibility index (Phi) is 12.9. The van der Waals surface area contributed by atoms with E-state index >= 15 is 0 Å². The van der Waals surface area contributed by atoms with Crippen molar-refractivity contribution in [1.29, 1.82) is 0 Å². The Hall–Kier alpha value is -3.43. The molecule has 2 aromatic rings. The monoisotopic (exact) mass is 544 g/mol. The number of hydrogen-bond donors (Lipinski definition) is 1. The van der Waals surface area contributed by atoms with Crippen molar-refractivity contribution in [1.82, 2.24) is 0 Å². The van der Waals surface area contributed by atoms with E-state index in [9.17, 15) is 19.5 Å². The summed E-state index contributed by atoms with van der Waals surface area (Å²) in [6.45, 7) is 8.43. The van der Waals surface area contributed by atoms with Crippen LogP contribution < -0.4 is 4.74 Å². The number of aryl methyl sites for hydroxylation is 3. The Balaban J connectivity index is 1.90. The van der Waals surface area contributed by atoms with E-state index in [1.165, 1.54) is 25.0 Å². The summed E-state index contributed by atoms with van der Waals surface area (Å²) in [5, 5.41) is 11.0. The quantitative estimate of drug-likeness (QED) is 0.140. The third-order valence-electron chi connectivity index (χ3n) is 6.09. The van der Waals surface area contributed by atoms with Gasteiger partial charge in [-0.2, -0.15) is 0 Å². The van der Waals surface area contributed by atoms with Crippen LogP contribution in [0, 0.1) is 13.8 Å². The van der Waals surface area contributed by atoms with Gasteiger partial charge in [0.25, 0.3) is 5.60 Å². The summed E-state index contributed by atoms with van der Waals surface area (Å²) in [6, 6.07) is 13.9. The molecule has 0 aromatic heterocycles. The molecule has 1 N–H and O–H groups in total. The average molecular weight is 545 g/mol. The van der Waals surface area contributed by atoms with Gasteiger partial charge in [0.2, 0.25) is 6.10 Å². The second-order valence-electron chi connectivity index (χ2n) is 9.01. The Morgan fingerprint density at radius 2 is 1.36 bits per heavy atom. The molecule has 0 saturated heterocycles. The van der Waals surface area contributed by atoms with Crippen molar-refractivity contribution >= 4 is 17.9 Å². The Bertz CT molecular complexity index is 1060. The highest BCUT2D eigenvalue weighted by atomic mass is 16.6. The standard InChI is InChI=1S/C30H40O9/c1-6-35-27(31)26(30(34,28(32)36-7-2)29(33)37-8-3)38-19-11-9-10-12-23-14-17-24(18-15-23)39-25-16-13-21(4)22(5)20-25/h13-18,20,26,34H,6-12,19H2,1-5H3. The van der Waals surface area contributed by atoms with Gasteiger partial charge < -0.3 is 28.8 Å². The van der Waals surface area contributed by atoms with Crippen molar-refractivity contribution in [2.24, 2.45) is 0 Å². The molecule has 2 aromatic carbocycles. The van der Waals surface area contributed by atoms with Crippen molar-refractivity contribution in [2.75, 3.05) is 26.4 Å². The summed E-state index contributed by atoms with van der Waals surface area (Å²) in [4.78, 5) is 37.6. The fourth-order valence-electron chi connectivity index (χ4n) is 3.80. The molecule has 0 amide bonds. The number of rotatable bonds is 16. The molecule has 0 spiro atoms. The normalized spacial score (nSPS) is 11.9. The number of carbonyl (C=O) groups excluding carboxylic acids is 3. The van der Waals surface area contributed by atoms with Gasteiger partial charge in [-0.15, -0.1) is 0 Å². The second-order valence-corrected chi connectivity index (χ2v) is 9.01. The van der Waals surface area contributed by atoms with E-state index < -0.39 is 29.6 Å². The SMILES string of the molecule is CCOC(=O)C(OCCCCCc1ccc(Oc2ccc(C)c(C)c2)cc1)C(O)(C(=O)OCC)C(=O)OCC. The number of benzene rings is 2. The third-order valence-corrected chi connectivity index (χ3v) is 6.09. The Morgan fingerprint density at radius 1 is 0.769 bits per heavy atom. The van der Waals surface area contributed by atoms with Crippen LogP contribution in [-0.2, 0) is 39.8 Å². The fraction of sp³-hybridized carbons (Fsp3) is 0.500. The van der Waals surface area contributed by atoms with Crippen LogP contribution in [0.1, 0.15) is 56.7 Å². The number of hydrogen-bond acceptors (Lipinski definition) is 9. The van der Waals surface area contributed by atoms with Crippen LogP contribution in [-0.4, -0.2) is 61.1 Å². The molecule has 1 unspecified atom stereocenters. The first-order chi connectivity index (χ1) is 18.7. The average Bonchev–Trinajstić information content (AvgIpc) is 2.91. The lowest BCUT2D eigenvalue weighted by Crippen LogP contribution is -2.61. The molecule has 0 aliphatic carbocycles. The van der Waals surface area contributed by atoms with Crippen LogP contribution in [0.5, 0.6) is 11.5 Å². The van der Waals surface area contributed by atoms with Crippen molar-refractivity contribution < 1.29 is 43.2 Å². The summed E-state index contributed by atoms with van der Waals surface area (Å²) in [5.74, 6) is -2.15. The van der Waals surface area contributed by atoms with Gasteiger partial charge in [-0.25, -0.2) is 14.4 Å². The smallest absolute Gasteiger partial charge is 0.353 e. The third kappa shape index (κ3) is 9.07. The molecule has 0 saturated carbocycles. The lowest BCUT2D eigenvalue weighted by atomic mass is 9.96. The number of aliphatic hydroxyl groups is 1. The van der Waals surface area contributed by atoms with E-state index in [0.717, 1.165) is 36.3 Å². The van der Waals surface area contributed by atoms with Crippen molar-refractivity contribution in [3.63, 3.8) is 0 Å². The maximum absolute atomic E-state index is 12.6. The first-order valence-electron chi connectivity index (χ1n) is 13.4. The predicted molar refractivity (Wildman–Crippen MR) is 145 cm³/mol. The van der Waals surface area contributed by atoms with E-state index in [4.69, 9.17) is 23.7 Å². The fourth-order valence-corrected chi connectivity index (χ4v) is 3.80. The first-order valence-corrected chi connectivity index (χ1v) is 13.4. The van der Waals surface area contributed by atoms with Crippen LogP contribution in [0.25, 0.3) is 0 Å². The molecule has 9 heteroatoms. The minimum Gasteiger partial charge on any atom is -0.464 e. The van der Waals surface area contributed by atoms with Gasteiger partial charge in [0.15, 0.2) is 0 Å². The summed E-state index contributed by atoms with van der Waals surface area (Å²) < 4.78 is 26.1. The van der Waals surface area contributed by atoms with Crippen molar-refractivity contribution in [3.8, 4) is 11.5 Å². The van der Waals surface area contributed by atoms with Crippen molar-refractivity contribution in [2.45, 2.75) is 72.0 Å². The molecule has 39 heavy (non-hydrogen) atoms. The first kappa shape index (κ1) is 31.8. The lowest BCUT2D eigenvalue weighted by Gasteiger charge is -2.30. The minimum atomic E-state index is -2.97. The molecule has 9 nitrogen and oxygen atoms in total. The molecule has 0 heterocycles. The molecule has 0 aliphatic rings. The second kappa shape index (κ2) is 15.9. The molecular weight excluding hydrogens is 504 g/mol. The molecule has 0 bridgehead atoms. The van der Waals surface area contributed by atoms with Crippen LogP contribution in [0.4, 0.5) is 0 Å². The predicted octanol–water partition coefficient (Wildman–Crippen LogP) is 4.61. The molecule has 0 radical (unpaired) electrons. The number of unbranched alkanes of at least 4 members (excludes halogenated alkanes) is 2. The summed E-state index contributed by atoms with van der Waals surface area (Å²) in [6.07, 6.45) is 1.01. The molecular formula is C30H40O9. The van der Waals surface area contributed by atoms with Gasteiger partial charge in [-0.05, 0) is 94.8 Å². The number of ether oxygens (including phenoxy) is 5. The maximum Gasteiger partial charge on any atom is 0.353 e. The van der Waals surface area contributed by atoms with Gasteiger partial charge in [0, 0.05) is 6.61 Å². The lowest BCUT2D eigenvalue weighted by molar-refractivity contribution is -0.208. The van der Waals surface area contributed by atoms with Gasteiger partial charge in [0.05, 0.1) is 19.8 Å². The summed E-state index contributed by atoms with van der Waals surface area (Å²) in [5.41, 5.74) is 0.562. The zero-order valence-electron chi connectivity index (χ0n) is 23.5. The maximum atomic E-state index is 12.6.